The lowest BCUT2D eigenvalue weighted by atomic mass is 10.1. The van der Waals surface area contributed by atoms with Crippen molar-refractivity contribution >= 4 is 29.1 Å². The largest absolute Gasteiger partial charge is 0.376 e. The number of anilines is 2. The SMILES string of the molecule is CCCCNC(=O)c1cccc(NC(=O)CNc2cccc(C(=O)N(C)C)c2)c1. The number of amides is 3. The zero-order chi connectivity index (χ0) is 21.2. The molecule has 2 aromatic carbocycles. The molecule has 0 aliphatic heterocycles. The summed E-state index contributed by atoms with van der Waals surface area (Å²) in [6.45, 7) is 2.73. The number of rotatable bonds is 9. The summed E-state index contributed by atoms with van der Waals surface area (Å²) in [7, 11) is 3.38. The van der Waals surface area contributed by atoms with Crippen LogP contribution >= 0.6 is 0 Å². The van der Waals surface area contributed by atoms with Gasteiger partial charge in [-0.1, -0.05) is 25.5 Å². The first-order valence-corrected chi connectivity index (χ1v) is 9.64. The molecule has 0 aromatic heterocycles. The average Bonchev–Trinajstić information content (AvgIpc) is 2.72. The number of hydrogen-bond acceptors (Lipinski definition) is 4. The molecular formula is C22H28N4O3. The molecule has 0 saturated carbocycles. The molecule has 29 heavy (non-hydrogen) atoms. The highest BCUT2D eigenvalue weighted by Gasteiger charge is 2.10. The highest BCUT2D eigenvalue weighted by molar-refractivity contribution is 5.98. The quantitative estimate of drug-likeness (QED) is 0.569. The summed E-state index contributed by atoms with van der Waals surface area (Å²) in [4.78, 5) is 37.9. The van der Waals surface area contributed by atoms with Crippen molar-refractivity contribution in [3.8, 4) is 0 Å². The molecule has 0 saturated heterocycles. The fraction of sp³-hybridized carbons (Fsp3) is 0.318. The highest BCUT2D eigenvalue weighted by atomic mass is 16.2. The fourth-order valence-electron chi connectivity index (χ4n) is 2.63. The molecule has 154 valence electrons. The van der Waals surface area contributed by atoms with Crippen LogP contribution in [0.25, 0.3) is 0 Å². The zero-order valence-corrected chi connectivity index (χ0v) is 17.1. The van der Waals surface area contributed by atoms with Crippen LogP contribution in [0.15, 0.2) is 48.5 Å². The van der Waals surface area contributed by atoms with Crippen LogP contribution in [0, 0.1) is 0 Å². The molecule has 0 aliphatic carbocycles. The molecule has 0 spiro atoms. The molecule has 3 N–H and O–H groups in total. The molecule has 0 unspecified atom stereocenters. The molecule has 0 heterocycles. The first-order valence-electron chi connectivity index (χ1n) is 9.64. The zero-order valence-electron chi connectivity index (χ0n) is 17.1. The minimum absolute atomic E-state index is 0.0343. The molecule has 0 fully saturated rings. The molecule has 0 atom stereocenters. The van der Waals surface area contributed by atoms with Crippen LogP contribution in [-0.4, -0.2) is 49.8 Å². The average molecular weight is 396 g/mol. The predicted molar refractivity (Wildman–Crippen MR) is 115 cm³/mol. The van der Waals surface area contributed by atoms with Gasteiger partial charge in [0.1, 0.15) is 0 Å². The van der Waals surface area contributed by atoms with Crippen LogP contribution < -0.4 is 16.0 Å². The number of carbonyl (C=O) groups is 3. The first-order chi connectivity index (χ1) is 13.9. The Morgan fingerprint density at radius 2 is 1.59 bits per heavy atom. The van der Waals surface area contributed by atoms with E-state index in [1.54, 1.807) is 62.6 Å². The van der Waals surface area contributed by atoms with Gasteiger partial charge in [-0.05, 0) is 42.8 Å². The van der Waals surface area contributed by atoms with Crippen molar-refractivity contribution in [3.63, 3.8) is 0 Å². The van der Waals surface area contributed by atoms with Gasteiger partial charge in [-0.25, -0.2) is 0 Å². The Morgan fingerprint density at radius 1 is 0.931 bits per heavy atom. The van der Waals surface area contributed by atoms with Crippen LogP contribution in [0.4, 0.5) is 11.4 Å². The minimum Gasteiger partial charge on any atom is -0.376 e. The van der Waals surface area contributed by atoms with E-state index in [2.05, 4.69) is 22.9 Å². The van der Waals surface area contributed by atoms with E-state index in [1.165, 1.54) is 4.90 Å². The van der Waals surface area contributed by atoms with Gasteiger partial charge in [0, 0.05) is 43.1 Å². The topological polar surface area (TPSA) is 90.5 Å². The van der Waals surface area contributed by atoms with Gasteiger partial charge in [0.05, 0.1) is 6.54 Å². The maximum absolute atomic E-state index is 12.3. The predicted octanol–water partition coefficient (Wildman–Crippen LogP) is 2.97. The lowest BCUT2D eigenvalue weighted by Crippen LogP contribution is -2.25. The number of carbonyl (C=O) groups excluding carboxylic acids is 3. The summed E-state index contributed by atoms with van der Waals surface area (Å²) >= 11 is 0. The van der Waals surface area contributed by atoms with E-state index in [9.17, 15) is 14.4 Å². The van der Waals surface area contributed by atoms with Gasteiger partial charge in [-0.15, -0.1) is 0 Å². The molecule has 2 aromatic rings. The Hall–Kier alpha value is -3.35. The van der Waals surface area contributed by atoms with Crippen molar-refractivity contribution < 1.29 is 14.4 Å². The Morgan fingerprint density at radius 3 is 2.28 bits per heavy atom. The molecule has 0 radical (unpaired) electrons. The summed E-state index contributed by atoms with van der Waals surface area (Å²) in [6.07, 6.45) is 1.94. The van der Waals surface area contributed by atoms with Crippen LogP contribution in [0.1, 0.15) is 40.5 Å². The standard InChI is InChI=1S/C22H28N4O3/c1-4-5-12-23-21(28)16-8-6-11-19(13-16)25-20(27)15-24-18-10-7-9-17(14-18)22(29)26(2)3/h6-11,13-14,24H,4-5,12,15H2,1-3H3,(H,23,28)(H,25,27). The molecule has 3 amide bonds. The van der Waals surface area contributed by atoms with Gasteiger partial charge in [0.25, 0.3) is 11.8 Å². The van der Waals surface area contributed by atoms with Crippen LogP contribution in [0.5, 0.6) is 0 Å². The summed E-state index contributed by atoms with van der Waals surface area (Å²) in [5.74, 6) is -0.514. The second kappa shape index (κ2) is 10.8. The Balaban J connectivity index is 1.91. The molecule has 0 aliphatic rings. The summed E-state index contributed by atoms with van der Waals surface area (Å²) in [6, 6.07) is 13.8. The number of benzene rings is 2. The summed E-state index contributed by atoms with van der Waals surface area (Å²) in [5, 5.41) is 8.64. The summed E-state index contributed by atoms with van der Waals surface area (Å²) < 4.78 is 0. The fourth-order valence-corrected chi connectivity index (χ4v) is 2.63. The lowest BCUT2D eigenvalue weighted by molar-refractivity contribution is -0.114. The molecule has 7 nitrogen and oxygen atoms in total. The second-order valence-corrected chi connectivity index (χ2v) is 6.87. The number of hydrogen-bond donors (Lipinski definition) is 3. The Kier molecular flexibility index (Phi) is 8.21. The van der Waals surface area contributed by atoms with Crippen molar-refractivity contribution in [2.24, 2.45) is 0 Å². The van der Waals surface area contributed by atoms with Gasteiger partial charge in [0.2, 0.25) is 5.91 Å². The Bertz CT molecular complexity index is 865. The van der Waals surface area contributed by atoms with E-state index in [1.807, 2.05) is 0 Å². The van der Waals surface area contributed by atoms with E-state index in [0.717, 1.165) is 12.8 Å². The minimum atomic E-state index is -0.252. The van der Waals surface area contributed by atoms with Crippen LogP contribution in [0.3, 0.4) is 0 Å². The third-order valence-corrected chi connectivity index (χ3v) is 4.19. The van der Waals surface area contributed by atoms with E-state index >= 15 is 0 Å². The Labute approximate surface area is 171 Å². The molecule has 0 bridgehead atoms. The van der Waals surface area contributed by atoms with Crippen LogP contribution in [0.2, 0.25) is 0 Å². The molecule has 7 heteroatoms. The van der Waals surface area contributed by atoms with Crippen molar-refractivity contribution in [2.45, 2.75) is 19.8 Å². The van der Waals surface area contributed by atoms with E-state index in [0.29, 0.717) is 29.0 Å². The van der Waals surface area contributed by atoms with Gasteiger partial charge < -0.3 is 20.9 Å². The maximum Gasteiger partial charge on any atom is 0.253 e. The smallest absolute Gasteiger partial charge is 0.253 e. The summed E-state index contributed by atoms with van der Waals surface area (Å²) in [5.41, 5.74) is 2.28. The third-order valence-electron chi connectivity index (χ3n) is 4.19. The van der Waals surface area contributed by atoms with Gasteiger partial charge in [-0.3, -0.25) is 14.4 Å². The van der Waals surface area contributed by atoms with Crippen LogP contribution in [-0.2, 0) is 4.79 Å². The van der Waals surface area contributed by atoms with E-state index in [-0.39, 0.29) is 24.3 Å². The second-order valence-electron chi connectivity index (χ2n) is 6.87. The molecule has 2 rings (SSSR count). The van der Waals surface area contributed by atoms with Crippen molar-refractivity contribution in [3.05, 3.63) is 59.7 Å². The number of nitrogens with zero attached hydrogens (tertiary/aromatic N) is 1. The number of nitrogens with one attached hydrogen (secondary N) is 3. The van der Waals surface area contributed by atoms with Crippen molar-refractivity contribution in [1.82, 2.24) is 10.2 Å². The maximum atomic E-state index is 12.3. The van der Waals surface area contributed by atoms with Gasteiger partial charge in [0.15, 0.2) is 0 Å². The van der Waals surface area contributed by atoms with Gasteiger partial charge in [-0.2, -0.15) is 0 Å². The third kappa shape index (κ3) is 6.95. The molecular weight excluding hydrogens is 368 g/mol. The van der Waals surface area contributed by atoms with Crippen molar-refractivity contribution in [1.29, 1.82) is 0 Å². The van der Waals surface area contributed by atoms with Crippen molar-refractivity contribution in [2.75, 3.05) is 37.8 Å². The highest BCUT2D eigenvalue weighted by Crippen LogP contribution is 2.13. The lowest BCUT2D eigenvalue weighted by Gasteiger charge is -2.12. The van der Waals surface area contributed by atoms with E-state index in [4.69, 9.17) is 0 Å². The van der Waals surface area contributed by atoms with E-state index < -0.39 is 0 Å². The monoisotopic (exact) mass is 396 g/mol. The number of unbranched alkanes of at least 4 members (excludes halogenated alkanes) is 1. The normalized spacial score (nSPS) is 10.2. The first kappa shape index (κ1) is 21.9. The van der Waals surface area contributed by atoms with Gasteiger partial charge >= 0.3 is 0 Å².